The zero-order valence-corrected chi connectivity index (χ0v) is 11.8. The number of ether oxygens (including phenoxy) is 2. The van der Waals surface area contributed by atoms with Crippen molar-refractivity contribution in [2.45, 2.75) is 26.2 Å². The number of hydrogen-bond acceptors (Lipinski definition) is 4. The molecule has 1 aromatic carbocycles. The van der Waals surface area contributed by atoms with Crippen molar-refractivity contribution in [3.8, 4) is 0 Å². The monoisotopic (exact) mass is 264 g/mol. The highest BCUT2D eigenvalue weighted by Gasteiger charge is 2.22. The molecule has 0 aliphatic carbocycles. The second-order valence-electron chi connectivity index (χ2n) is 4.82. The van der Waals surface area contributed by atoms with E-state index in [2.05, 4.69) is 18.6 Å². The van der Waals surface area contributed by atoms with Crippen molar-refractivity contribution in [3.63, 3.8) is 0 Å². The van der Waals surface area contributed by atoms with Crippen molar-refractivity contribution in [3.05, 3.63) is 35.4 Å². The number of benzene rings is 1. The van der Waals surface area contributed by atoms with Crippen molar-refractivity contribution in [2.24, 2.45) is 5.92 Å². The summed E-state index contributed by atoms with van der Waals surface area (Å²) in [5, 5.41) is 0. The lowest BCUT2D eigenvalue weighted by atomic mass is 9.90. The van der Waals surface area contributed by atoms with Crippen LogP contribution in [0.3, 0.4) is 0 Å². The molecule has 0 saturated carbocycles. The Morgan fingerprint density at radius 3 is 2.05 bits per heavy atom. The molecule has 1 unspecified atom stereocenters. The van der Waals surface area contributed by atoms with E-state index in [1.54, 1.807) is 24.3 Å². The van der Waals surface area contributed by atoms with E-state index in [-0.39, 0.29) is 17.9 Å². The Hall–Kier alpha value is -1.84. The Labute approximate surface area is 113 Å². The van der Waals surface area contributed by atoms with Gasteiger partial charge in [-0.3, -0.25) is 4.79 Å². The van der Waals surface area contributed by atoms with Crippen LogP contribution in [0.4, 0.5) is 0 Å². The quantitative estimate of drug-likeness (QED) is 0.767. The summed E-state index contributed by atoms with van der Waals surface area (Å²) in [7, 11) is 2.73. The summed E-state index contributed by atoms with van der Waals surface area (Å²) in [6, 6.07) is 6.88. The average molecular weight is 264 g/mol. The van der Waals surface area contributed by atoms with Crippen LogP contribution in [0.25, 0.3) is 0 Å². The summed E-state index contributed by atoms with van der Waals surface area (Å²) in [4.78, 5) is 23.2. The number of hydrogen-bond donors (Lipinski definition) is 0. The third-order valence-electron chi connectivity index (χ3n) is 2.93. The van der Waals surface area contributed by atoms with Gasteiger partial charge in [0, 0.05) is 0 Å². The number of carbonyl (C=O) groups is 2. The first-order valence-electron chi connectivity index (χ1n) is 6.25. The molecule has 0 N–H and O–H groups in total. The van der Waals surface area contributed by atoms with E-state index in [4.69, 9.17) is 4.74 Å². The molecule has 0 aliphatic rings. The van der Waals surface area contributed by atoms with Gasteiger partial charge in [-0.1, -0.05) is 26.0 Å². The second kappa shape index (κ2) is 6.92. The minimum Gasteiger partial charge on any atom is -0.469 e. The van der Waals surface area contributed by atoms with Crippen LogP contribution >= 0.6 is 0 Å². The van der Waals surface area contributed by atoms with Crippen LogP contribution in [0.15, 0.2) is 24.3 Å². The zero-order chi connectivity index (χ0) is 14.4. The van der Waals surface area contributed by atoms with Crippen molar-refractivity contribution in [2.75, 3.05) is 14.2 Å². The highest BCUT2D eigenvalue weighted by molar-refractivity contribution is 5.89. The van der Waals surface area contributed by atoms with Crippen molar-refractivity contribution in [1.82, 2.24) is 0 Å². The topological polar surface area (TPSA) is 52.6 Å². The van der Waals surface area contributed by atoms with Gasteiger partial charge in [-0.25, -0.2) is 4.79 Å². The molecule has 1 aromatic rings. The minimum absolute atomic E-state index is 0.250. The third-order valence-corrected chi connectivity index (χ3v) is 2.93. The van der Waals surface area contributed by atoms with Crippen molar-refractivity contribution >= 4 is 11.9 Å². The first kappa shape index (κ1) is 15.2. The van der Waals surface area contributed by atoms with E-state index in [1.165, 1.54) is 14.2 Å². The Bertz CT molecular complexity index is 434. The Morgan fingerprint density at radius 2 is 1.63 bits per heavy atom. The van der Waals surface area contributed by atoms with Gasteiger partial charge in [0.25, 0.3) is 0 Å². The van der Waals surface area contributed by atoms with Gasteiger partial charge in [-0.15, -0.1) is 0 Å². The molecule has 1 atom stereocenters. The molecule has 19 heavy (non-hydrogen) atoms. The van der Waals surface area contributed by atoms with Crippen LogP contribution in [-0.4, -0.2) is 26.2 Å². The molecule has 0 saturated heterocycles. The second-order valence-corrected chi connectivity index (χ2v) is 4.82. The van der Waals surface area contributed by atoms with Crippen molar-refractivity contribution in [1.29, 1.82) is 0 Å². The molecule has 4 nitrogen and oxygen atoms in total. The standard InChI is InChI=1S/C15H20O4/c1-10(2)9-13(15(17)19-4)11-5-7-12(8-6-11)14(16)18-3/h5-8,10,13H,9H2,1-4H3. The first-order valence-corrected chi connectivity index (χ1v) is 6.25. The highest BCUT2D eigenvalue weighted by Crippen LogP contribution is 2.25. The molecule has 0 aromatic heterocycles. The van der Waals surface area contributed by atoms with E-state index in [9.17, 15) is 9.59 Å². The van der Waals surface area contributed by atoms with Crippen LogP contribution in [0.2, 0.25) is 0 Å². The van der Waals surface area contributed by atoms with Crippen LogP contribution in [0, 0.1) is 5.92 Å². The summed E-state index contributed by atoms with van der Waals surface area (Å²) in [6.45, 7) is 4.11. The Balaban J connectivity index is 2.97. The molecule has 0 spiro atoms. The third kappa shape index (κ3) is 4.09. The number of esters is 2. The van der Waals surface area contributed by atoms with E-state index in [0.717, 1.165) is 5.56 Å². The lowest BCUT2D eigenvalue weighted by Crippen LogP contribution is -2.16. The van der Waals surface area contributed by atoms with E-state index in [0.29, 0.717) is 17.9 Å². The van der Waals surface area contributed by atoms with Crippen LogP contribution in [0.5, 0.6) is 0 Å². The van der Waals surface area contributed by atoms with Gasteiger partial charge < -0.3 is 9.47 Å². The predicted molar refractivity (Wildman–Crippen MR) is 72.0 cm³/mol. The lowest BCUT2D eigenvalue weighted by Gasteiger charge is -2.17. The molecule has 104 valence electrons. The highest BCUT2D eigenvalue weighted by atomic mass is 16.5. The van der Waals surface area contributed by atoms with Crippen LogP contribution in [0.1, 0.15) is 42.1 Å². The van der Waals surface area contributed by atoms with Crippen LogP contribution < -0.4 is 0 Å². The molecule has 4 heteroatoms. The summed E-state index contributed by atoms with van der Waals surface area (Å²) in [5.74, 6) is -0.550. The SMILES string of the molecule is COC(=O)c1ccc(C(CC(C)C)C(=O)OC)cc1. The minimum atomic E-state index is -0.384. The summed E-state index contributed by atoms with van der Waals surface area (Å²) in [6.07, 6.45) is 0.713. The van der Waals surface area contributed by atoms with Crippen molar-refractivity contribution < 1.29 is 19.1 Å². The first-order chi connectivity index (χ1) is 8.99. The fourth-order valence-electron chi connectivity index (χ4n) is 1.95. The van der Waals surface area contributed by atoms with Gasteiger partial charge in [0.15, 0.2) is 0 Å². The fourth-order valence-corrected chi connectivity index (χ4v) is 1.95. The molecule has 1 rings (SSSR count). The predicted octanol–water partition coefficient (Wildman–Crippen LogP) is 2.78. The van der Waals surface area contributed by atoms with Gasteiger partial charge in [-0.2, -0.15) is 0 Å². The largest absolute Gasteiger partial charge is 0.469 e. The molecule has 0 bridgehead atoms. The van der Waals surface area contributed by atoms with E-state index < -0.39 is 0 Å². The normalized spacial score (nSPS) is 12.1. The molecule has 0 aliphatic heterocycles. The average Bonchev–Trinajstić information content (AvgIpc) is 2.43. The van der Waals surface area contributed by atoms with Gasteiger partial charge in [0.1, 0.15) is 0 Å². The molecule has 0 heterocycles. The maximum Gasteiger partial charge on any atom is 0.337 e. The maximum atomic E-state index is 11.8. The molecule has 0 radical (unpaired) electrons. The summed E-state index contributed by atoms with van der Waals surface area (Å²) < 4.78 is 9.48. The number of rotatable bonds is 5. The molecular weight excluding hydrogens is 244 g/mol. The molecule has 0 amide bonds. The van der Waals surface area contributed by atoms with E-state index >= 15 is 0 Å². The summed E-state index contributed by atoms with van der Waals surface area (Å²) >= 11 is 0. The van der Waals surface area contributed by atoms with E-state index in [1.807, 2.05) is 0 Å². The van der Waals surface area contributed by atoms with Gasteiger partial charge in [-0.05, 0) is 30.0 Å². The number of methoxy groups -OCH3 is 2. The lowest BCUT2D eigenvalue weighted by molar-refractivity contribution is -0.142. The smallest absolute Gasteiger partial charge is 0.337 e. The van der Waals surface area contributed by atoms with Crippen LogP contribution in [-0.2, 0) is 14.3 Å². The maximum absolute atomic E-state index is 11.8. The fraction of sp³-hybridized carbons (Fsp3) is 0.467. The molecule has 0 fully saturated rings. The van der Waals surface area contributed by atoms with Gasteiger partial charge in [0.05, 0.1) is 25.7 Å². The molecular formula is C15H20O4. The Kier molecular flexibility index (Phi) is 5.55. The van der Waals surface area contributed by atoms with Gasteiger partial charge >= 0.3 is 11.9 Å². The summed E-state index contributed by atoms with van der Waals surface area (Å²) in [5.41, 5.74) is 1.33. The van der Waals surface area contributed by atoms with Gasteiger partial charge in [0.2, 0.25) is 0 Å². The Morgan fingerprint density at radius 1 is 1.05 bits per heavy atom. The zero-order valence-electron chi connectivity index (χ0n) is 11.8. The number of carbonyl (C=O) groups excluding carboxylic acids is 2.